The molecule has 0 aliphatic carbocycles. The number of anilines is 2. The molecule has 2 heterocycles. The molecule has 7 heteroatoms. The number of carbonyl (C=O) groups excluding carboxylic acids is 2. The number of benzene rings is 1. The molecule has 0 radical (unpaired) electrons. The van der Waals surface area contributed by atoms with Gasteiger partial charge in [0, 0.05) is 36.7 Å². The second-order valence-electron chi connectivity index (χ2n) is 5.31. The Hall–Kier alpha value is -2.28. The fourth-order valence-corrected chi connectivity index (χ4v) is 3.19. The van der Waals surface area contributed by atoms with Crippen molar-refractivity contribution in [3.8, 4) is 0 Å². The molecule has 0 fully saturated rings. The summed E-state index contributed by atoms with van der Waals surface area (Å²) in [4.78, 5) is 29.8. The zero-order valence-corrected chi connectivity index (χ0v) is 13.2. The highest BCUT2D eigenvalue weighted by molar-refractivity contribution is 7.13. The van der Waals surface area contributed by atoms with E-state index < -0.39 is 0 Å². The Morgan fingerprint density at radius 2 is 2.22 bits per heavy atom. The van der Waals surface area contributed by atoms with E-state index in [-0.39, 0.29) is 30.5 Å². The summed E-state index contributed by atoms with van der Waals surface area (Å²) < 4.78 is 13.3. The van der Waals surface area contributed by atoms with Crippen LogP contribution in [0.5, 0.6) is 0 Å². The Bertz CT molecular complexity index is 718. The Balaban J connectivity index is 1.60. The van der Waals surface area contributed by atoms with Crippen molar-refractivity contribution in [3.63, 3.8) is 0 Å². The molecule has 0 spiro atoms. The maximum Gasteiger partial charge on any atom is 0.227 e. The van der Waals surface area contributed by atoms with E-state index in [1.54, 1.807) is 22.5 Å². The summed E-state index contributed by atoms with van der Waals surface area (Å²) in [5.41, 5.74) is 1.60. The van der Waals surface area contributed by atoms with Crippen LogP contribution < -0.4 is 10.2 Å². The van der Waals surface area contributed by atoms with Crippen molar-refractivity contribution in [1.82, 2.24) is 4.98 Å². The van der Waals surface area contributed by atoms with Crippen molar-refractivity contribution in [1.29, 1.82) is 0 Å². The first kappa shape index (κ1) is 15.6. The third-order valence-corrected chi connectivity index (χ3v) is 4.39. The lowest BCUT2D eigenvalue weighted by Gasteiger charge is -2.29. The number of aromatic nitrogens is 1. The van der Waals surface area contributed by atoms with Gasteiger partial charge in [-0.3, -0.25) is 9.59 Å². The molecular formula is C16H16FN3O2S. The molecule has 1 aromatic carbocycles. The topological polar surface area (TPSA) is 62.3 Å². The molecule has 1 aliphatic rings. The quantitative estimate of drug-likeness (QED) is 0.935. The smallest absolute Gasteiger partial charge is 0.227 e. The van der Waals surface area contributed by atoms with Crippen molar-refractivity contribution >= 4 is 34.0 Å². The predicted molar refractivity (Wildman–Crippen MR) is 87.1 cm³/mol. The van der Waals surface area contributed by atoms with Gasteiger partial charge in [0.05, 0.1) is 0 Å². The van der Waals surface area contributed by atoms with Crippen LogP contribution >= 0.6 is 11.3 Å². The van der Waals surface area contributed by atoms with Gasteiger partial charge in [-0.1, -0.05) is 0 Å². The van der Waals surface area contributed by atoms with E-state index in [0.29, 0.717) is 11.7 Å². The van der Waals surface area contributed by atoms with E-state index in [4.69, 9.17) is 0 Å². The summed E-state index contributed by atoms with van der Waals surface area (Å²) in [6, 6.07) is 4.47. The Kier molecular flexibility index (Phi) is 4.66. The summed E-state index contributed by atoms with van der Waals surface area (Å²) in [5, 5.41) is 4.95. The molecule has 3 rings (SSSR count). The maximum absolute atomic E-state index is 13.3. The van der Waals surface area contributed by atoms with E-state index in [9.17, 15) is 14.0 Å². The summed E-state index contributed by atoms with van der Waals surface area (Å²) >= 11 is 1.33. The molecule has 2 aromatic rings. The lowest BCUT2D eigenvalue weighted by atomic mass is 10.0. The van der Waals surface area contributed by atoms with Crippen LogP contribution in [0, 0.1) is 5.82 Å². The van der Waals surface area contributed by atoms with Gasteiger partial charge in [0.2, 0.25) is 11.8 Å². The number of fused-ring (bicyclic) bond motifs is 1. The second kappa shape index (κ2) is 6.87. The van der Waals surface area contributed by atoms with Crippen LogP contribution in [-0.4, -0.2) is 23.3 Å². The number of aryl methyl sites for hydroxylation is 1. The molecule has 0 saturated heterocycles. The normalized spacial score (nSPS) is 13.5. The molecule has 1 aliphatic heterocycles. The fraction of sp³-hybridized carbons (Fsp3) is 0.312. The van der Waals surface area contributed by atoms with Crippen molar-refractivity contribution in [3.05, 3.63) is 41.2 Å². The summed E-state index contributed by atoms with van der Waals surface area (Å²) in [5.74, 6) is -0.641. The van der Waals surface area contributed by atoms with Crippen LogP contribution in [0.3, 0.4) is 0 Å². The first-order valence-corrected chi connectivity index (χ1v) is 8.29. The predicted octanol–water partition coefficient (Wildman–Crippen LogP) is 2.98. The highest BCUT2D eigenvalue weighted by atomic mass is 32.1. The van der Waals surface area contributed by atoms with Gasteiger partial charge in [0.25, 0.3) is 0 Å². The van der Waals surface area contributed by atoms with Crippen molar-refractivity contribution in [2.24, 2.45) is 0 Å². The third-order valence-electron chi connectivity index (χ3n) is 3.71. The van der Waals surface area contributed by atoms with E-state index in [1.807, 2.05) is 0 Å². The number of thiazole rings is 1. The number of nitrogens with one attached hydrogen (secondary N) is 1. The highest BCUT2D eigenvalue weighted by Crippen LogP contribution is 2.28. The molecule has 0 unspecified atom stereocenters. The minimum absolute atomic E-state index is 0.103. The van der Waals surface area contributed by atoms with Gasteiger partial charge in [0.1, 0.15) is 5.82 Å². The molecule has 120 valence electrons. The molecule has 23 heavy (non-hydrogen) atoms. The lowest BCUT2D eigenvalue weighted by Crippen LogP contribution is -2.35. The van der Waals surface area contributed by atoms with E-state index in [1.165, 1.54) is 23.5 Å². The highest BCUT2D eigenvalue weighted by Gasteiger charge is 2.23. The van der Waals surface area contributed by atoms with Crippen molar-refractivity contribution in [2.45, 2.75) is 25.7 Å². The minimum atomic E-state index is -0.291. The van der Waals surface area contributed by atoms with E-state index in [0.717, 1.165) is 24.1 Å². The van der Waals surface area contributed by atoms with Gasteiger partial charge >= 0.3 is 0 Å². The first-order valence-electron chi connectivity index (χ1n) is 7.41. The largest absolute Gasteiger partial charge is 0.312 e. The van der Waals surface area contributed by atoms with Crippen molar-refractivity contribution in [2.75, 3.05) is 16.8 Å². The molecule has 5 nitrogen and oxygen atoms in total. The number of nitrogens with zero attached hydrogens (tertiary/aromatic N) is 2. The van der Waals surface area contributed by atoms with Crippen LogP contribution in [0.2, 0.25) is 0 Å². The number of amides is 2. The van der Waals surface area contributed by atoms with Gasteiger partial charge in [-0.05, 0) is 36.6 Å². The van der Waals surface area contributed by atoms with E-state index in [2.05, 4.69) is 10.3 Å². The summed E-state index contributed by atoms with van der Waals surface area (Å²) in [6.07, 6.45) is 3.39. The average molecular weight is 333 g/mol. The molecule has 2 amide bonds. The monoisotopic (exact) mass is 333 g/mol. The van der Waals surface area contributed by atoms with Gasteiger partial charge in [0.15, 0.2) is 5.13 Å². The number of halogens is 1. The van der Waals surface area contributed by atoms with Crippen LogP contribution in [0.25, 0.3) is 0 Å². The van der Waals surface area contributed by atoms with Crippen LogP contribution in [-0.2, 0) is 16.0 Å². The van der Waals surface area contributed by atoms with E-state index >= 15 is 0 Å². The zero-order chi connectivity index (χ0) is 16.2. The first-order chi connectivity index (χ1) is 11.1. The lowest BCUT2D eigenvalue weighted by molar-refractivity contribution is -0.122. The summed E-state index contributed by atoms with van der Waals surface area (Å²) in [6.45, 7) is 0.603. The van der Waals surface area contributed by atoms with Crippen LogP contribution in [0.4, 0.5) is 15.2 Å². The molecule has 1 N–H and O–H groups in total. The standard InChI is InChI=1S/C16H16FN3O2S/c17-12-3-4-13-11(10-12)2-1-8-20(13)15(22)6-5-14(21)19-16-18-7-9-23-16/h3-4,7,9-10H,1-2,5-6,8H2,(H,18,19,21). The minimum Gasteiger partial charge on any atom is -0.312 e. The summed E-state index contributed by atoms with van der Waals surface area (Å²) in [7, 11) is 0. The van der Waals surface area contributed by atoms with Crippen molar-refractivity contribution < 1.29 is 14.0 Å². The molecule has 0 bridgehead atoms. The molecular weight excluding hydrogens is 317 g/mol. The number of rotatable bonds is 4. The van der Waals surface area contributed by atoms with Gasteiger partial charge in [-0.15, -0.1) is 11.3 Å². The van der Waals surface area contributed by atoms with Gasteiger partial charge < -0.3 is 10.2 Å². The zero-order valence-electron chi connectivity index (χ0n) is 12.4. The Labute approximate surface area is 137 Å². The molecule has 1 aromatic heterocycles. The molecule has 0 atom stereocenters. The maximum atomic E-state index is 13.3. The number of carbonyl (C=O) groups is 2. The average Bonchev–Trinajstić information content (AvgIpc) is 3.04. The van der Waals surface area contributed by atoms with Crippen LogP contribution in [0.1, 0.15) is 24.8 Å². The fourth-order valence-electron chi connectivity index (χ4n) is 2.65. The second-order valence-corrected chi connectivity index (χ2v) is 6.20. The Morgan fingerprint density at radius 1 is 1.35 bits per heavy atom. The number of hydrogen-bond acceptors (Lipinski definition) is 4. The third kappa shape index (κ3) is 3.73. The van der Waals surface area contributed by atoms with Crippen LogP contribution in [0.15, 0.2) is 29.8 Å². The Morgan fingerprint density at radius 3 is 3.00 bits per heavy atom. The SMILES string of the molecule is O=C(CCC(=O)N1CCCc2cc(F)ccc21)Nc1nccs1. The molecule has 0 saturated carbocycles. The number of hydrogen-bond donors (Lipinski definition) is 1. The van der Waals surface area contributed by atoms with Gasteiger partial charge in [-0.25, -0.2) is 9.37 Å². The van der Waals surface area contributed by atoms with Gasteiger partial charge in [-0.2, -0.15) is 0 Å².